The first kappa shape index (κ1) is 15.7. The molecule has 0 aliphatic heterocycles. The summed E-state index contributed by atoms with van der Waals surface area (Å²) >= 11 is 0. The standard InChI is InChI=1S/C16H32/c1-3-5-7-9-11-13-15-16-14-12-10-8-6-4-2/h15-16H,3-14H2,1-2H3. The molecular weight excluding hydrogens is 192 g/mol. The van der Waals surface area contributed by atoms with Crippen LogP contribution in [0.1, 0.15) is 90.9 Å². The van der Waals surface area contributed by atoms with E-state index in [1.165, 1.54) is 77.0 Å². The van der Waals surface area contributed by atoms with E-state index < -0.39 is 0 Å². The molecule has 0 N–H and O–H groups in total. The van der Waals surface area contributed by atoms with Crippen molar-refractivity contribution < 1.29 is 0 Å². The summed E-state index contributed by atoms with van der Waals surface area (Å²) in [6.45, 7) is 4.55. The Morgan fingerprint density at radius 2 is 0.875 bits per heavy atom. The molecule has 16 heavy (non-hydrogen) atoms. The van der Waals surface area contributed by atoms with Gasteiger partial charge in [0.1, 0.15) is 0 Å². The molecule has 0 fully saturated rings. The van der Waals surface area contributed by atoms with Crippen LogP contribution in [0.15, 0.2) is 12.2 Å². The fraction of sp³-hybridized carbons (Fsp3) is 0.875. The number of unbranched alkanes of at least 4 members (excludes halogenated alkanes) is 10. The van der Waals surface area contributed by atoms with Gasteiger partial charge in [0.25, 0.3) is 0 Å². The van der Waals surface area contributed by atoms with Crippen molar-refractivity contribution in [2.24, 2.45) is 0 Å². The average Bonchev–Trinajstić information content (AvgIpc) is 2.31. The predicted octanol–water partition coefficient (Wildman–Crippen LogP) is 6.26. The Balaban J connectivity index is 2.98. The molecule has 0 nitrogen and oxygen atoms in total. The lowest BCUT2D eigenvalue weighted by molar-refractivity contribution is 0.631. The highest BCUT2D eigenvalue weighted by atomic mass is 13.9. The summed E-state index contributed by atoms with van der Waals surface area (Å²) in [4.78, 5) is 0. The van der Waals surface area contributed by atoms with E-state index in [1.807, 2.05) is 0 Å². The van der Waals surface area contributed by atoms with E-state index in [0.29, 0.717) is 0 Å². The van der Waals surface area contributed by atoms with Gasteiger partial charge < -0.3 is 0 Å². The Labute approximate surface area is 104 Å². The summed E-state index contributed by atoms with van der Waals surface area (Å²) in [5.41, 5.74) is 0. The molecule has 0 aromatic heterocycles. The van der Waals surface area contributed by atoms with Crippen molar-refractivity contribution in [3.05, 3.63) is 12.2 Å². The second-order valence-electron chi connectivity index (χ2n) is 4.88. The molecule has 0 atom stereocenters. The maximum atomic E-state index is 2.39. The highest BCUT2D eigenvalue weighted by molar-refractivity contribution is 4.81. The molecule has 0 spiro atoms. The molecule has 0 rings (SSSR count). The van der Waals surface area contributed by atoms with E-state index in [4.69, 9.17) is 0 Å². The maximum absolute atomic E-state index is 2.39. The first-order chi connectivity index (χ1) is 7.91. The molecule has 0 bridgehead atoms. The Kier molecular flexibility index (Phi) is 14.5. The topological polar surface area (TPSA) is 0 Å². The predicted molar refractivity (Wildman–Crippen MR) is 75.9 cm³/mol. The van der Waals surface area contributed by atoms with Crippen molar-refractivity contribution in [2.75, 3.05) is 0 Å². The van der Waals surface area contributed by atoms with Gasteiger partial charge in [-0.1, -0.05) is 77.4 Å². The van der Waals surface area contributed by atoms with Crippen LogP contribution in [-0.4, -0.2) is 0 Å². The van der Waals surface area contributed by atoms with E-state index in [-0.39, 0.29) is 0 Å². The molecule has 0 heterocycles. The third kappa shape index (κ3) is 13.7. The van der Waals surface area contributed by atoms with E-state index in [1.54, 1.807) is 0 Å². The van der Waals surface area contributed by atoms with Crippen LogP contribution in [0.4, 0.5) is 0 Å². The van der Waals surface area contributed by atoms with Crippen LogP contribution < -0.4 is 0 Å². The van der Waals surface area contributed by atoms with E-state index >= 15 is 0 Å². The third-order valence-corrected chi connectivity index (χ3v) is 3.12. The zero-order valence-electron chi connectivity index (χ0n) is 11.6. The molecule has 0 amide bonds. The van der Waals surface area contributed by atoms with Crippen LogP contribution >= 0.6 is 0 Å². The fourth-order valence-corrected chi connectivity index (χ4v) is 1.97. The zero-order chi connectivity index (χ0) is 11.9. The largest absolute Gasteiger partial charge is 0.0885 e. The minimum Gasteiger partial charge on any atom is -0.0885 e. The second-order valence-corrected chi connectivity index (χ2v) is 4.88. The van der Waals surface area contributed by atoms with E-state index in [9.17, 15) is 0 Å². The Morgan fingerprint density at radius 1 is 0.500 bits per heavy atom. The molecule has 0 aliphatic rings. The molecule has 0 aromatic rings. The molecular formula is C16H32. The normalized spacial score (nSPS) is 11.4. The van der Waals surface area contributed by atoms with Crippen molar-refractivity contribution in [2.45, 2.75) is 90.9 Å². The van der Waals surface area contributed by atoms with Crippen LogP contribution in [-0.2, 0) is 0 Å². The summed E-state index contributed by atoms with van der Waals surface area (Å²) in [6, 6.07) is 0. The van der Waals surface area contributed by atoms with Crippen molar-refractivity contribution >= 4 is 0 Å². The first-order valence-corrected chi connectivity index (χ1v) is 7.56. The van der Waals surface area contributed by atoms with Crippen molar-refractivity contribution in [3.63, 3.8) is 0 Å². The maximum Gasteiger partial charge on any atom is -0.0351 e. The molecule has 96 valence electrons. The lowest BCUT2D eigenvalue weighted by atomic mass is 10.1. The van der Waals surface area contributed by atoms with Crippen molar-refractivity contribution in [1.29, 1.82) is 0 Å². The Morgan fingerprint density at radius 3 is 1.25 bits per heavy atom. The lowest BCUT2D eigenvalue weighted by Crippen LogP contribution is -1.77. The van der Waals surface area contributed by atoms with Crippen LogP contribution in [0.5, 0.6) is 0 Å². The molecule has 0 aliphatic carbocycles. The van der Waals surface area contributed by atoms with Gasteiger partial charge in [0.2, 0.25) is 0 Å². The number of hydrogen-bond donors (Lipinski definition) is 0. The smallest absolute Gasteiger partial charge is 0.0351 e. The van der Waals surface area contributed by atoms with E-state index in [0.717, 1.165) is 0 Å². The molecule has 0 radical (unpaired) electrons. The van der Waals surface area contributed by atoms with Crippen molar-refractivity contribution in [3.8, 4) is 0 Å². The highest BCUT2D eigenvalue weighted by Gasteiger charge is 1.88. The van der Waals surface area contributed by atoms with Gasteiger partial charge in [-0.25, -0.2) is 0 Å². The first-order valence-electron chi connectivity index (χ1n) is 7.56. The Hall–Kier alpha value is -0.260. The monoisotopic (exact) mass is 224 g/mol. The van der Waals surface area contributed by atoms with Gasteiger partial charge in [0.05, 0.1) is 0 Å². The summed E-state index contributed by atoms with van der Waals surface area (Å²) < 4.78 is 0. The fourth-order valence-electron chi connectivity index (χ4n) is 1.97. The Bertz CT molecular complexity index is 119. The van der Waals surface area contributed by atoms with Gasteiger partial charge in [-0.3, -0.25) is 0 Å². The number of allylic oxidation sites excluding steroid dienone is 2. The molecule has 0 unspecified atom stereocenters. The lowest BCUT2D eigenvalue weighted by Gasteiger charge is -1.97. The molecule has 0 saturated carbocycles. The van der Waals surface area contributed by atoms with Gasteiger partial charge >= 0.3 is 0 Å². The third-order valence-electron chi connectivity index (χ3n) is 3.12. The summed E-state index contributed by atoms with van der Waals surface area (Å²) in [5, 5.41) is 0. The second kappa shape index (κ2) is 14.7. The van der Waals surface area contributed by atoms with Crippen LogP contribution in [0.2, 0.25) is 0 Å². The zero-order valence-corrected chi connectivity index (χ0v) is 11.6. The van der Waals surface area contributed by atoms with Crippen molar-refractivity contribution in [1.82, 2.24) is 0 Å². The van der Waals surface area contributed by atoms with E-state index in [2.05, 4.69) is 26.0 Å². The minimum absolute atomic E-state index is 1.30. The summed E-state index contributed by atoms with van der Waals surface area (Å²) in [5.74, 6) is 0. The van der Waals surface area contributed by atoms with Crippen LogP contribution in [0.25, 0.3) is 0 Å². The number of hydrogen-bond acceptors (Lipinski definition) is 0. The van der Waals surface area contributed by atoms with Gasteiger partial charge in [-0.15, -0.1) is 0 Å². The van der Waals surface area contributed by atoms with Gasteiger partial charge in [-0.05, 0) is 25.7 Å². The molecule has 0 saturated heterocycles. The molecule has 0 aromatic carbocycles. The minimum atomic E-state index is 1.30. The average molecular weight is 224 g/mol. The summed E-state index contributed by atoms with van der Waals surface area (Å²) in [7, 11) is 0. The van der Waals surface area contributed by atoms with Crippen LogP contribution in [0.3, 0.4) is 0 Å². The summed E-state index contributed by atoms with van der Waals surface area (Å²) in [6.07, 6.45) is 21.4. The van der Waals surface area contributed by atoms with Crippen LogP contribution in [0, 0.1) is 0 Å². The van der Waals surface area contributed by atoms with Gasteiger partial charge in [-0.2, -0.15) is 0 Å². The van der Waals surface area contributed by atoms with Gasteiger partial charge in [0.15, 0.2) is 0 Å². The quantitative estimate of drug-likeness (QED) is 0.271. The highest BCUT2D eigenvalue weighted by Crippen LogP contribution is 2.08. The number of rotatable bonds is 12. The molecule has 0 heteroatoms. The van der Waals surface area contributed by atoms with Gasteiger partial charge in [0, 0.05) is 0 Å². The SMILES string of the molecule is CCCCCCCC=CCCCCCCC.